The average Bonchev–Trinajstić information content (AvgIpc) is 2.87. The number of aldehydes is 1. The molecule has 2 aliphatic heterocycles. The van der Waals surface area contributed by atoms with Gasteiger partial charge in [0.05, 0.1) is 19.1 Å². The summed E-state index contributed by atoms with van der Waals surface area (Å²) in [6.07, 6.45) is 9.60. The number of rotatable bonds is 6. The second-order valence-electron chi connectivity index (χ2n) is 8.39. The fraction of sp³-hybridized carbons (Fsp3) is 0.250. The number of benzene rings is 1. The lowest BCUT2D eigenvalue weighted by molar-refractivity contribution is -0.109. The van der Waals surface area contributed by atoms with Crippen LogP contribution < -0.4 is 15.4 Å². The molecule has 2 N–H and O–H groups in total. The number of hydrogen-bond acceptors (Lipinski definition) is 9. The molecule has 35 heavy (non-hydrogen) atoms. The summed E-state index contributed by atoms with van der Waals surface area (Å²) in [7, 11) is -1.74. The normalized spacial score (nSPS) is 17.1. The Bertz CT molecular complexity index is 1420. The van der Waals surface area contributed by atoms with Crippen LogP contribution in [0, 0.1) is 0 Å². The number of nitrogens with zero attached hydrogens (tertiary/aromatic N) is 4. The molecule has 0 saturated carbocycles. The van der Waals surface area contributed by atoms with Crippen molar-refractivity contribution in [3.05, 3.63) is 65.1 Å². The Morgan fingerprint density at radius 1 is 1.20 bits per heavy atom. The maximum absolute atomic E-state index is 11.9. The van der Waals surface area contributed by atoms with Crippen LogP contribution in [0.5, 0.6) is 6.01 Å². The zero-order chi connectivity index (χ0) is 24.6. The lowest BCUT2D eigenvalue weighted by Crippen LogP contribution is -2.35. The fourth-order valence-electron chi connectivity index (χ4n) is 4.29. The van der Waals surface area contributed by atoms with Crippen LogP contribution in [0.1, 0.15) is 28.3 Å². The monoisotopic (exact) mass is 492 g/mol. The highest BCUT2D eigenvalue weighted by Crippen LogP contribution is 2.34. The highest BCUT2D eigenvalue weighted by Gasteiger charge is 2.25. The van der Waals surface area contributed by atoms with Gasteiger partial charge in [-0.05, 0) is 53.6 Å². The van der Waals surface area contributed by atoms with E-state index in [0.29, 0.717) is 36.6 Å². The first-order chi connectivity index (χ1) is 16.9. The predicted octanol–water partition coefficient (Wildman–Crippen LogP) is 2.42. The molecule has 2 aromatic heterocycles. The number of fused-ring (bicyclic) bond motifs is 2. The summed E-state index contributed by atoms with van der Waals surface area (Å²) in [5.74, 6) is 0.538. The van der Waals surface area contributed by atoms with Gasteiger partial charge in [-0.2, -0.15) is 4.31 Å². The molecule has 5 rings (SSSR count). The summed E-state index contributed by atoms with van der Waals surface area (Å²) in [5, 5.41) is 6.44. The second kappa shape index (κ2) is 9.08. The standard InChI is InChI=1S/C24H24N6O4S/c1-34-24-26-11-18(12-27-24)20-10-16-5-7-25-21(14-31)22(16)23(29-20)28-19-4-3-17-13-30(35(2,32)33)8-6-15(17)9-19/h3-5,7,9-12,14,21,25H,6,8,13H2,1-2H3,(H,28,29). The van der Waals surface area contributed by atoms with E-state index in [9.17, 15) is 13.2 Å². The van der Waals surface area contributed by atoms with Crippen molar-refractivity contribution >= 4 is 33.9 Å². The van der Waals surface area contributed by atoms with Crippen LogP contribution in [-0.2, 0) is 27.8 Å². The number of pyridine rings is 1. The summed E-state index contributed by atoms with van der Waals surface area (Å²) in [5.41, 5.74) is 5.79. The van der Waals surface area contributed by atoms with E-state index in [1.54, 1.807) is 18.6 Å². The Balaban J connectivity index is 1.52. The van der Waals surface area contributed by atoms with Gasteiger partial charge in [0, 0.05) is 42.3 Å². The van der Waals surface area contributed by atoms with Gasteiger partial charge in [0.15, 0.2) is 0 Å². The Morgan fingerprint density at radius 3 is 2.71 bits per heavy atom. The lowest BCUT2D eigenvalue weighted by Gasteiger charge is -2.27. The van der Waals surface area contributed by atoms with Crippen LogP contribution in [0.2, 0.25) is 0 Å². The van der Waals surface area contributed by atoms with Gasteiger partial charge in [-0.15, -0.1) is 0 Å². The Morgan fingerprint density at radius 2 is 2.00 bits per heavy atom. The minimum Gasteiger partial charge on any atom is -0.467 e. The van der Waals surface area contributed by atoms with Crippen molar-refractivity contribution < 1.29 is 17.9 Å². The number of carbonyl (C=O) groups is 1. The number of sulfonamides is 1. The molecular formula is C24H24N6O4S. The molecule has 1 atom stereocenters. The van der Waals surface area contributed by atoms with Gasteiger partial charge in [-0.1, -0.05) is 6.07 Å². The maximum Gasteiger partial charge on any atom is 0.316 e. The molecule has 4 heterocycles. The van der Waals surface area contributed by atoms with Crippen molar-refractivity contribution in [2.24, 2.45) is 0 Å². The zero-order valence-corrected chi connectivity index (χ0v) is 20.0. The topological polar surface area (TPSA) is 126 Å². The highest BCUT2D eigenvalue weighted by atomic mass is 32.2. The van der Waals surface area contributed by atoms with Crippen LogP contribution in [-0.4, -0.2) is 53.9 Å². The molecule has 0 spiro atoms. The molecule has 0 amide bonds. The van der Waals surface area contributed by atoms with E-state index in [1.807, 2.05) is 30.3 Å². The number of ether oxygens (including phenoxy) is 1. The quantitative estimate of drug-likeness (QED) is 0.499. The third kappa shape index (κ3) is 4.60. The largest absolute Gasteiger partial charge is 0.467 e. The number of anilines is 2. The molecule has 10 nitrogen and oxygen atoms in total. The van der Waals surface area contributed by atoms with Crippen molar-refractivity contribution in [1.29, 1.82) is 0 Å². The Hall–Kier alpha value is -3.83. The molecule has 0 bridgehead atoms. The number of carbonyl (C=O) groups excluding carboxylic acids is 1. The maximum atomic E-state index is 11.9. The molecular weight excluding hydrogens is 468 g/mol. The first-order valence-electron chi connectivity index (χ1n) is 11.0. The summed E-state index contributed by atoms with van der Waals surface area (Å²) < 4.78 is 30.4. The van der Waals surface area contributed by atoms with E-state index in [1.165, 1.54) is 17.7 Å². The molecule has 0 radical (unpaired) electrons. The van der Waals surface area contributed by atoms with E-state index in [-0.39, 0.29) is 6.01 Å². The van der Waals surface area contributed by atoms with Gasteiger partial charge in [0.25, 0.3) is 0 Å². The van der Waals surface area contributed by atoms with Gasteiger partial charge in [0.1, 0.15) is 18.1 Å². The summed E-state index contributed by atoms with van der Waals surface area (Å²) >= 11 is 0. The van der Waals surface area contributed by atoms with Crippen LogP contribution in [0.4, 0.5) is 11.5 Å². The van der Waals surface area contributed by atoms with Crippen molar-refractivity contribution in [3.63, 3.8) is 0 Å². The minimum absolute atomic E-state index is 0.263. The third-order valence-corrected chi connectivity index (χ3v) is 7.35. The zero-order valence-electron chi connectivity index (χ0n) is 19.2. The van der Waals surface area contributed by atoms with Crippen LogP contribution in [0.25, 0.3) is 17.3 Å². The highest BCUT2D eigenvalue weighted by molar-refractivity contribution is 7.88. The molecule has 180 valence electrons. The minimum atomic E-state index is -3.24. The van der Waals surface area contributed by atoms with E-state index < -0.39 is 16.1 Å². The van der Waals surface area contributed by atoms with E-state index in [0.717, 1.165) is 34.2 Å². The van der Waals surface area contributed by atoms with Crippen LogP contribution in [0.3, 0.4) is 0 Å². The van der Waals surface area contributed by atoms with E-state index in [4.69, 9.17) is 9.72 Å². The number of nitrogens with one attached hydrogen (secondary N) is 2. The fourth-order valence-corrected chi connectivity index (χ4v) is 5.09. The molecule has 1 aromatic carbocycles. The first-order valence-corrected chi connectivity index (χ1v) is 12.8. The number of methoxy groups -OCH3 is 1. The Kier molecular flexibility index (Phi) is 5.95. The molecule has 0 saturated heterocycles. The second-order valence-corrected chi connectivity index (χ2v) is 10.4. The molecule has 3 aromatic rings. The summed E-state index contributed by atoms with van der Waals surface area (Å²) in [4.78, 5) is 25.0. The molecule has 0 fully saturated rings. The predicted molar refractivity (Wildman–Crippen MR) is 131 cm³/mol. The van der Waals surface area contributed by atoms with Crippen LogP contribution >= 0.6 is 0 Å². The van der Waals surface area contributed by atoms with E-state index in [2.05, 4.69) is 20.6 Å². The SMILES string of the molecule is COc1ncc(-c2cc3c(c(Nc4ccc5c(c4)CCN(S(C)(=O)=O)C5)n2)C(C=O)NC=C3)cn1. The molecule has 0 aliphatic carbocycles. The van der Waals surface area contributed by atoms with Crippen molar-refractivity contribution in [2.75, 3.05) is 25.2 Å². The van der Waals surface area contributed by atoms with Gasteiger partial charge in [-0.25, -0.2) is 23.4 Å². The summed E-state index contributed by atoms with van der Waals surface area (Å²) in [6, 6.07) is 7.44. The van der Waals surface area contributed by atoms with Gasteiger partial charge < -0.3 is 20.2 Å². The number of aromatic nitrogens is 3. The van der Waals surface area contributed by atoms with Crippen molar-refractivity contribution in [1.82, 2.24) is 24.6 Å². The van der Waals surface area contributed by atoms with E-state index >= 15 is 0 Å². The van der Waals surface area contributed by atoms with Crippen LogP contribution in [0.15, 0.2) is 42.9 Å². The Labute approximate surface area is 203 Å². The third-order valence-electron chi connectivity index (χ3n) is 6.10. The molecule has 2 aliphatic rings. The van der Waals surface area contributed by atoms with Gasteiger partial charge in [-0.3, -0.25) is 0 Å². The first kappa shape index (κ1) is 22.9. The lowest BCUT2D eigenvalue weighted by atomic mass is 9.97. The number of hydrogen-bond donors (Lipinski definition) is 2. The smallest absolute Gasteiger partial charge is 0.316 e. The molecule has 11 heteroatoms. The summed E-state index contributed by atoms with van der Waals surface area (Å²) in [6.45, 7) is 0.800. The molecule has 1 unspecified atom stereocenters. The van der Waals surface area contributed by atoms with Gasteiger partial charge in [0.2, 0.25) is 10.0 Å². The van der Waals surface area contributed by atoms with Crippen molar-refractivity contribution in [3.8, 4) is 17.3 Å². The average molecular weight is 493 g/mol. The van der Waals surface area contributed by atoms with Gasteiger partial charge >= 0.3 is 6.01 Å². The van der Waals surface area contributed by atoms with Crippen molar-refractivity contribution in [2.45, 2.75) is 19.0 Å².